The van der Waals surface area contributed by atoms with Crippen molar-refractivity contribution >= 4 is 23.2 Å². The van der Waals surface area contributed by atoms with Crippen LogP contribution in [0.4, 0.5) is 5.69 Å². The van der Waals surface area contributed by atoms with Crippen LogP contribution in [-0.4, -0.2) is 18.0 Å². The van der Waals surface area contributed by atoms with Crippen LogP contribution in [0, 0.1) is 0 Å². The lowest BCUT2D eigenvalue weighted by molar-refractivity contribution is -0.122. The van der Waals surface area contributed by atoms with E-state index in [1.54, 1.807) is 0 Å². The number of benzene rings is 1. The number of hydrogen-bond acceptors (Lipinski definition) is 2. The van der Waals surface area contributed by atoms with Gasteiger partial charge in [0, 0.05) is 29.2 Å². The van der Waals surface area contributed by atoms with Crippen LogP contribution in [-0.2, 0) is 4.79 Å². The average Bonchev–Trinajstić information content (AvgIpc) is 2.18. The van der Waals surface area contributed by atoms with Gasteiger partial charge in [-0.25, -0.2) is 0 Å². The Morgan fingerprint density at radius 3 is 2.35 bits per heavy atom. The summed E-state index contributed by atoms with van der Waals surface area (Å²) in [4.78, 5) is 11.5. The van der Waals surface area contributed by atoms with Crippen LogP contribution < -0.4 is 10.6 Å². The topological polar surface area (TPSA) is 41.1 Å². The molecule has 94 valence electrons. The lowest BCUT2D eigenvalue weighted by Gasteiger charge is -2.20. The first kappa shape index (κ1) is 13.8. The van der Waals surface area contributed by atoms with Crippen molar-refractivity contribution in [2.24, 2.45) is 0 Å². The summed E-state index contributed by atoms with van der Waals surface area (Å²) in [5, 5.41) is 6.79. The van der Waals surface area contributed by atoms with E-state index in [0.29, 0.717) is 18.0 Å². The maximum atomic E-state index is 11.5. The van der Waals surface area contributed by atoms with E-state index in [4.69, 9.17) is 11.6 Å². The van der Waals surface area contributed by atoms with Gasteiger partial charge in [0.05, 0.1) is 0 Å². The molecule has 0 aliphatic rings. The summed E-state index contributed by atoms with van der Waals surface area (Å²) in [7, 11) is 0. The Balaban J connectivity index is 2.28. The Morgan fingerprint density at radius 1 is 1.24 bits per heavy atom. The first-order chi connectivity index (χ1) is 7.87. The fourth-order valence-electron chi connectivity index (χ4n) is 1.37. The lowest BCUT2D eigenvalue weighted by Crippen LogP contribution is -2.41. The molecule has 0 radical (unpaired) electrons. The van der Waals surface area contributed by atoms with E-state index < -0.39 is 0 Å². The van der Waals surface area contributed by atoms with E-state index in [1.807, 2.05) is 45.0 Å². The second kappa shape index (κ2) is 5.92. The van der Waals surface area contributed by atoms with Crippen LogP contribution in [0.2, 0.25) is 5.02 Å². The zero-order chi connectivity index (χ0) is 12.9. The highest BCUT2D eigenvalue weighted by Gasteiger charge is 2.12. The predicted octanol–water partition coefficient (Wildman–Crippen LogP) is 3.06. The van der Waals surface area contributed by atoms with Gasteiger partial charge >= 0.3 is 0 Å². The van der Waals surface area contributed by atoms with E-state index in [1.165, 1.54) is 0 Å². The molecule has 0 aliphatic carbocycles. The van der Waals surface area contributed by atoms with Gasteiger partial charge in [0.15, 0.2) is 0 Å². The molecule has 1 rings (SSSR count). The molecule has 0 heterocycles. The van der Waals surface area contributed by atoms with Crippen LogP contribution in [0.15, 0.2) is 24.3 Å². The zero-order valence-corrected chi connectivity index (χ0v) is 11.3. The number of amides is 1. The zero-order valence-electron chi connectivity index (χ0n) is 10.5. The van der Waals surface area contributed by atoms with Gasteiger partial charge in [-0.2, -0.15) is 0 Å². The normalized spacial score (nSPS) is 11.1. The van der Waals surface area contributed by atoms with Crippen LogP contribution in [0.3, 0.4) is 0 Å². The maximum Gasteiger partial charge on any atom is 0.222 e. The van der Waals surface area contributed by atoms with E-state index >= 15 is 0 Å². The van der Waals surface area contributed by atoms with Crippen LogP contribution in [0.25, 0.3) is 0 Å². The van der Waals surface area contributed by atoms with Gasteiger partial charge < -0.3 is 10.6 Å². The molecule has 0 bridgehead atoms. The predicted molar refractivity (Wildman–Crippen MR) is 72.5 cm³/mol. The largest absolute Gasteiger partial charge is 0.385 e. The molecule has 17 heavy (non-hydrogen) atoms. The summed E-state index contributed by atoms with van der Waals surface area (Å²) >= 11 is 5.78. The summed E-state index contributed by atoms with van der Waals surface area (Å²) in [6.45, 7) is 6.52. The highest BCUT2D eigenvalue weighted by Crippen LogP contribution is 2.13. The molecule has 3 nitrogen and oxygen atoms in total. The Bertz CT molecular complexity index is 368. The summed E-state index contributed by atoms with van der Waals surface area (Å²) < 4.78 is 0. The van der Waals surface area contributed by atoms with E-state index in [0.717, 1.165) is 5.69 Å². The molecule has 1 aromatic carbocycles. The Hall–Kier alpha value is -1.22. The van der Waals surface area contributed by atoms with Gasteiger partial charge in [-0.3, -0.25) is 4.79 Å². The number of halogens is 1. The number of carbonyl (C=O) groups excluding carboxylic acids is 1. The molecular weight excluding hydrogens is 236 g/mol. The number of anilines is 1. The standard InChI is InChI=1S/C13H19ClN2O/c1-13(2,3)16-12(17)8-9-15-11-6-4-10(14)5-7-11/h4-7,15H,8-9H2,1-3H3,(H,16,17). The third-order valence-corrected chi connectivity index (χ3v) is 2.29. The molecule has 0 unspecified atom stereocenters. The van der Waals surface area contributed by atoms with Crippen molar-refractivity contribution in [1.82, 2.24) is 5.32 Å². The fraction of sp³-hybridized carbons (Fsp3) is 0.462. The van der Waals surface area contributed by atoms with Gasteiger partial charge in [0.1, 0.15) is 0 Å². The smallest absolute Gasteiger partial charge is 0.222 e. The summed E-state index contributed by atoms with van der Waals surface area (Å²) in [6.07, 6.45) is 0.458. The van der Waals surface area contributed by atoms with Crippen LogP contribution in [0.5, 0.6) is 0 Å². The van der Waals surface area contributed by atoms with Crippen molar-refractivity contribution in [2.75, 3.05) is 11.9 Å². The first-order valence-corrected chi connectivity index (χ1v) is 6.05. The molecule has 1 aromatic rings. The first-order valence-electron chi connectivity index (χ1n) is 5.67. The minimum absolute atomic E-state index is 0.0546. The van der Waals surface area contributed by atoms with Crippen molar-refractivity contribution in [2.45, 2.75) is 32.7 Å². The highest BCUT2D eigenvalue weighted by molar-refractivity contribution is 6.30. The van der Waals surface area contributed by atoms with E-state index in [2.05, 4.69) is 10.6 Å². The van der Waals surface area contributed by atoms with Crippen LogP contribution >= 0.6 is 11.6 Å². The molecule has 0 saturated heterocycles. The fourth-order valence-corrected chi connectivity index (χ4v) is 1.49. The minimum Gasteiger partial charge on any atom is -0.385 e. The van der Waals surface area contributed by atoms with Gasteiger partial charge in [0.25, 0.3) is 0 Å². The summed E-state index contributed by atoms with van der Waals surface area (Å²) in [5.74, 6) is 0.0546. The molecule has 0 spiro atoms. The molecule has 0 saturated carbocycles. The third kappa shape index (κ3) is 6.17. The summed E-state index contributed by atoms with van der Waals surface area (Å²) in [5.41, 5.74) is 0.801. The lowest BCUT2D eigenvalue weighted by atomic mass is 10.1. The van der Waals surface area contributed by atoms with Crippen LogP contribution in [0.1, 0.15) is 27.2 Å². The molecule has 0 aromatic heterocycles. The number of rotatable bonds is 4. The Morgan fingerprint density at radius 2 is 1.82 bits per heavy atom. The molecule has 4 heteroatoms. The Kier molecular flexibility index (Phi) is 4.82. The molecule has 0 aliphatic heterocycles. The molecule has 1 amide bonds. The second-order valence-corrected chi connectivity index (χ2v) is 5.42. The van der Waals surface area contributed by atoms with Crippen molar-refractivity contribution in [1.29, 1.82) is 0 Å². The number of nitrogens with one attached hydrogen (secondary N) is 2. The molecule has 0 atom stereocenters. The summed E-state index contributed by atoms with van der Waals surface area (Å²) in [6, 6.07) is 7.42. The van der Waals surface area contributed by atoms with Gasteiger partial charge in [-0.15, -0.1) is 0 Å². The Labute approximate surface area is 108 Å². The molecule has 2 N–H and O–H groups in total. The maximum absolute atomic E-state index is 11.5. The van der Waals surface area contributed by atoms with Crippen molar-refractivity contribution in [3.8, 4) is 0 Å². The van der Waals surface area contributed by atoms with Crippen molar-refractivity contribution < 1.29 is 4.79 Å². The SMILES string of the molecule is CC(C)(C)NC(=O)CCNc1ccc(Cl)cc1. The minimum atomic E-state index is -0.169. The van der Waals surface area contributed by atoms with E-state index in [9.17, 15) is 4.79 Å². The number of carbonyl (C=O) groups is 1. The molecular formula is C13H19ClN2O. The highest BCUT2D eigenvalue weighted by atomic mass is 35.5. The van der Waals surface area contributed by atoms with Crippen molar-refractivity contribution in [3.63, 3.8) is 0 Å². The van der Waals surface area contributed by atoms with E-state index in [-0.39, 0.29) is 11.4 Å². The van der Waals surface area contributed by atoms with Crippen molar-refractivity contribution in [3.05, 3.63) is 29.3 Å². The molecule has 0 fully saturated rings. The third-order valence-electron chi connectivity index (χ3n) is 2.04. The second-order valence-electron chi connectivity index (χ2n) is 4.98. The quantitative estimate of drug-likeness (QED) is 0.867. The van der Waals surface area contributed by atoms with Gasteiger partial charge in [-0.05, 0) is 45.0 Å². The average molecular weight is 255 g/mol. The number of hydrogen-bond donors (Lipinski definition) is 2. The van der Waals surface area contributed by atoms with Gasteiger partial charge in [0.2, 0.25) is 5.91 Å². The monoisotopic (exact) mass is 254 g/mol. The van der Waals surface area contributed by atoms with Gasteiger partial charge in [-0.1, -0.05) is 11.6 Å².